The molecule has 120 valence electrons. The van der Waals surface area contributed by atoms with Crippen molar-refractivity contribution in [2.75, 3.05) is 19.6 Å². The van der Waals surface area contributed by atoms with Crippen LogP contribution < -0.4 is 11.1 Å². The van der Waals surface area contributed by atoms with E-state index >= 15 is 0 Å². The van der Waals surface area contributed by atoms with Crippen molar-refractivity contribution < 1.29 is 14.6 Å². The van der Waals surface area contributed by atoms with Crippen molar-refractivity contribution in [1.82, 2.24) is 10.2 Å². The molecule has 1 saturated heterocycles. The van der Waals surface area contributed by atoms with Crippen molar-refractivity contribution in [3.63, 3.8) is 0 Å². The van der Waals surface area contributed by atoms with Gasteiger partial charge in [0.2, 0.25) is 0 Å². The van der Waals surface area contributed by atoms with E-state index in [1.54, 1.807) is 11.1 Å². The minimum atomic E-state index is -0.861. The smallest absolute Gasteiger partial charge is 0.410 e. The van der Waals surface area contributed by atoms with Crippen molar-refractivity contribution in [3.8, 4) is 0 Å². The molecule has 0 bridgehead atoms. The Bertz CT molecular complexity index is 407. The molecule has 1 fully saturated rings. The molecule has 0 aliphatic carbocycles. The Morgan fingerprint density at radius 1 is 1.48 bits per heavy atom. The monoisotopic (exact) mass is 298 g/mol. The Labute approximate surface area is 125 Å². The third kappa shape index (κ3) is 6.48. The summed E-state index contributed by atoms with van der Waals surface area (Å²) < 4.78 is 5.31. The number of hydrogen-bond acceptors (Lipinski definition) is 5. The number of amidine groups is 1. The lowest BCUT2D eigenvalue weighted by molar-refractivity contribution is -0.0294. The van der Waals surface area contributed by atoms with E-state index in [1.165, 1.54) is 6.08 Å². The van der Waals surface area contributed by atoms with Crippen LogP contribution in [0.2, 0.25) is 0 Å². The van der Waals surface area contributed by atoms with Gasteiger partial charge in [-0.15, -0.1) is 0 Å². The summed E-state index contributed by atoms with van der Waals surface area (Å²) in [4.78, 5) is 13.5. The second-order valence-corrected chi connectivity index (χ2v) is 6.36. The lowest BCUT2D eigenvalue weighted by Gasteiger charge is -2.38. The predicted octanol–water partition coefficient (Wildman–Crippen LogP) is 0.788. The molecule has 5 N–H and O–H groups in total. The number of nitrogens with two attached hydrogens (primary N) is 1. The summed E-state index contributed by atoms with van der Waals surface area (Å²) in [7, 11) is 0. The molecule has 1 amide bonds. The van der Waals surface area contributed by atoms with Crippen LogP contribution in [-0.4, -0.2) is 52.8 Å². The summed E-state index contributed by atoms with van der Waals surface area (Å²) in [5.74, 6) is -0.0470. The maximum Gasteiger partial charge on any atom is 0.410 e. The van der Waals surface area contributed by atoms with E-state index in [2.05, 4.69) is 5.32 Å². The SMILES string of the molecule is CC(C)(C)OC(=O)N1CCC(O)(CN/C=C\C(=N)N)CC1. The summed E-state index contributed by atoms with van der Waals surface area (Å²) in [6, 6.07) is 0. The summed E-state index contributed by atoms with van der Waals surface area (Å²) in [6.07, 6.45) is 3.58. The first-order chi connectivity index (χ1) is 9.61. The van der Waals surface area contributed by atoms with Crippen LogP contribution in [0.15, 0.2) is 12.3 Å². The van der Waals surface area contributed by atoms with Crippen LogP contribution in [0.3, 0.4) is 0 Å². The van der Waals surface area contributed by atoms with Gasteiger partial charge >= 0.3 is 6.09 Å². The van der Waals surface area contributed by atoms with E-state index in [-0.39, 0.29) is 11.9 Å². The van der Waals surface area contributed by atoms with Gasteiger partial charge in [-0.1, -0.05) is 0 Å². The van der Waals surface area contributed by atoms with Crippen LogP contribution in [0.4, 0.5) is 4.79 Å². The van der Waals surface area contributed by atoms with E-state index in [4.69, 9.17) is 15.9 Å². The van der Waals surface area contributed by atoms with Crippen LogP contribution in [0, 0.1) is 5.41 Å². The number of piperidine rings is 1. The van der Waals surface area contributed by atoms with E-state index < -0.39 is 11.2 Å². The number of nitrogens with one attached hydrogen (secondary N) is 2. The second-order valence-electron chi connectivity index (χ2n) is 6.36. The van der Waals surface area contributed by atoms with Crippen molar-refractivity contribution in [2.24, 2.45) is 5.73 Å². The van der Waals surface area contributed by atoms with Crippen LogP contribution in [-0.2, 0) is 4.74 Å². The van der Waals surface area contributed by atoms with Crippen LogP contribution in [0.25, 0.3) is 0 Å². The number of nitrogens with zero attached hydrogens (tertiary/aromatic N) is 1. The highest BCUT2D eigenvalue weighted by molar-refractivity contribution is 5.88. The molecule has 0 saturated carbocycles. The molecular weight excluding hydrogens is 272 g/mol. The normalized spacial score (nSPS) is 18.6. The van der Waals surface area contributed by atoms with E-state index in [1.807, 2.05) is 20.8 Å². The van der Waals surface area contributed by atoms with Gasteiger partial charge in [-0.2, -0.15) is 0 Å². The highest BCUT2D eigenvalue weighted by Crippen LogP contribution is 2.23. The molecule has 0 aromatic carbocycles. The predicted molar refractivity (Wildman–Crippen MR) is 81.0 cm³/mol. The lowest BCUT2D eigenvalue weighted by Crippen LogP contribution is -2.51. The quantitative estimate of drug-likeness (QED) is 0.453. The lowest BCUT2D eigenvalue weighted by atomic mass is 9.91. The van der Waals surface area contributed by atoms with E-state index in [0.29, 0.717) is 32.5 Å². The molecule has 1 rings (SSSR count). The Morgan fingerprint density at radius 2 is 2.05 bits per heavy atom. The Hall–Kier alpha value is -1.76. The third-order valence-electron chi connectivity index (χ3n) is 3.16. The van der Waals surface area contributed by atoms with Crippen molar-refractivity contribution in [2.45, 2.75) is 44.8 Å². The Morgan fingerprint density at radius 3 is 2.52 bits per heavy atom. The molecular formula is C14H26N4O3. The van der Waals surface area contributed by atoms with Gasteiger partial charge in [0.05, 0.1) is 5.60 Å². The van der Waals surface area contributed by atoms with Gasteiger partial charge in [-0.05, 0) is 39.7 Å². The summed E-state index contributed by atoms with van der Waals surface area (Å²) in [5, 5.41) is 20.4. The Kier molecular flexibility index (Phi) is 5.60. The fraction of sp³-hybridized carbons (Fsp3) is 0.714. The molecule has 0 spiro atoms. The molecule has 0 radical (unpaired) electrons. The third-order valence-corrected chi connectivity index (χ3v) is 3.16. The topological polar surface area (TPSA) is 112 Å². The number of carbonyl (C=O) groups is 1. The van der Waals surface area contributed by atoms with Gasteiger partial charge < -0.3 is 25.8 Å². The molecule has 1 aliphatic rings. The van der Waals surface area contributed by atoms with Crippen LogP contribution in [0.1, 0.15) is 33.6 Å². The molecule has 7 nitrogen and oxygen atoms in total. The maximum absolute atomic E-state index is 11.9. The molecule has 1 heterocycles. The average Bonchev–Trinajstić information content (AvgIpc) is 2.33. The Balaban J connectivity index is 2.40. The maximum atomic E-state index is 11.9. The minimum Gasteiger partial charge on any atom is -0.444 e. The zero-order chi connectivity index (χ0) is 16.1. The fourth-order valence-electron chi connectivity index (χ4n) is 2.01. The number of hydrogen-bond donors (Lipinski definition) is 4. The van der Waals surface area contributed by atoms with Crippen LogP contribution >= 0.6 is 0 Å². The number of likely N-dealkylation sites (tertiary alicyclic amines) is 1. The first-order valence-corrected chi connectivity index (χ1v) is 7.06. The highest BCUT2D eigenvalue weighted by Gasteiger charge is 2.34. The van der Waals surface area contributed by atoms with Gasteiger partial charge in [0.15, 0.2) is 0 Å². The van der Waals surface area contributed by atoms with Crippen LogP contribution in [0.5, 0.6) is 0 Å². The summed E-state index contributed by atoms with van der Waals surface area (Å²) in [5.41, 5.74) is 3.81. The molecule has 7 heteroatoms. The first-order valence-electron chi connectivity index (χ1n) is 7.06. The molecule has 0 aromatic heterocycles. The molecule has 0 aromatic rings. The molecule has 0 atom stereocenters. The number of ether oxygens (including phenoxy) is 1. The largest absolute Gasteiger partial charge is 0.444 e. The average molecular weight is 298 g/mol. The van der Waals surface area contributed by atoms with Crippen molar-refractivity contribution in [3.05, 3.63) is 12.3 Å². The zero-order valence-electron chi connectivity index (χ0n) is 13.0. The van der Waals surface area contributed by atoms with Gasteiger partial charge in [0.1, 0.15) is 11.4 Å². The van der Waals surface area contributed by atoms with Gasteiger partial charge in [0, 0.05) is 25.8 Å². The minimum absolute atomic E-state index is 0.0470. The number of rotatable bonds is 4. The highest BCUT2D eigenvalue weighted by atomic mass is 16.6. The second kappa shape index (κ2) is 6.80. The van der Waals surface area contributed by atoms with Crippen molar-refractivity contribution >= 4 is 11.9 Å². The van der Waals surface area contributed by atoms with Gasteiger partial charge in [0.25, 0.3) is 0 Å². The van der Waals surface area contributed by atoms with E-state index in [0.717, 1.165) is 0 Å². The summed E-state index contributed by atoms with van der Waals surface area (Å²) >= 11 is 0. The standard InChI is InChI=1S/C14H26N4O3/c1-13(2,3)21-12(19)18-8-5-14(20,6-9-18)10-17-7-4-11(15)16/h4,7,17,20H,5-6,8-10H2,1-3H3,(H3,15,16)/b7-4-. The van der Waals surface area contributed by atoms with Crippen molar-refractivity contribution in [1.29, 1.82) is 5.41 Å². The number of carbonyl (C=O) groups excluding carboxylic acids is 1. The van der Waals surface area contributed by atoms with E-state index in [9.17, 15) is 9.90 Å². The fourth-order valence-corrected chi connectivity index (χ4v) is 2.01. The molecule has 1 aliphatic heterocycles. The van der Waals surface area contributed by atoms with Gasteiger partial charge in [-0.25, -0.2) is 4.79 Å². The first kappa shape index (κ1) is 17.3. The molecule has 0 unspecified atom stereocenters. The number of amides is 1. The van der Waals surface area contributed by atoms with Gasteiger partial charge in [-0.3, -0.25) is 5.41 Å². The molecule has 21 heavy (non-hydrogen) atoms. The number of aliphatic hydroxyl groups is 1. The summed E-state index contributed by atoms with van der Waals surface area (Å²) in [6.45, 7) is 6.77. The zero-order valence-corrected chi connectivity index (χ0v) is 13.0.